The van der Waals surface area contributed by atoms with E-state index in [1.807, 2.05) is 27.7 Å². The summed E-state index contributed by atoms with van der Waals surface area (Å²) in [5, 5.41) is 18.7. The van der Waals surface area contributed by atoms with E-state index in [2.05, 4.69) is 25.7 Å². The highest BCUT2D eigenvalue weighted by atomic mass is 32.1. The third-order valence-corrected chi connectivity index (χ3v) is 4.16. The first-order valence-electron chi connectivity index (χ1n) is 6.31. The van der Waals surface area contributed by atoms with Gasteiger partial charge in [0.2, 0.25) is 5.13 Å². The summed E-state index contributed by atoms with van der Waals surface area (Å²) in [5.41, 5.74) is 7.18. The number of nitrogens with zero attached hydrogens (tertiary/aromatic N) is 3. The normalized spacial score (nSPS) is 11.6. The number of hydrogen-bond acceptors (Lipinski definition) is 6. The fourth-order valence-corrected chi connectivity index (χ4v) is 2.55. The van der Waals surface area contributed by atoms with E-state index >= 15 is 0 Å². The van der Waals surface area contributed by atoms with Crippen LogP contribution in [0.15, 0.2) is 0 Å². The first kappa shape index (κ1) is 14.4. The lowest BCUT2D eigenvalue weighted by atomic mass is 10.1. The third kappa shape index (κ3) is 2.64. The SMILES string of the molecule is CCc1[nH]nc(C(=O)NC(C)(C)c2nnc(N)s2)c1C. The van der Waals surface area contributed by atoms with Crippen molar-refractivity contribution < 1.29 is 4.79 Å². The van der Waals surface area contributed by atoms with E-state index in [0.29, 0.717) is 15.8 Å². The maximum atomic E-state index is 12.3. The molecule has 0 saturated carbocycles. The number of nitrogens with two attached hydrogens (primary N) is 1. The second-order valence-corrected chi connectivity index (χ2v) is 6.06. The molecule has 0 radical (unpaired) electrons. The highest BCUT2D eigenvalue weighted by Gasteiger charge is 2.29. The lowest BCUT2D eigenvalue weighted by Gasteiger charge is -2.22. The number of aromatic nitrogens is 4. The van der Waals surface area contributed by atoms with Crippen molar-refractivity contribution in [3.05, 3.63) is 22.0 Å². The van der Waals surface area contributed by atoms with Gasteiger partial charge in [0, 0.05) is 11.3 Å². The van der Waals surface area contributed by atoms with Crippen LogP contribution < -0.4 is 11.1 Å². The number of anilines is 1. The Kier molecular flexibility index (Phi) is 3.76. The Morgan fingerprint density at radius 2 is 2.15 bits per heavy atom. The minimum atomic E-state index is -0.649. The van der Waals surface area contributed by atoms with Crippen molar-refractivity contribution in [2.75, 3.05) is 5.73 Å². The van der Waals surface area contributed by atoms with Crippen LogP contribution in [0.5, 0.6) is 0 Å². The summed E-state index contributed by atoms with van der Waals surface area (Å²) < 4.78 is 0. The Morgan fingerprint density at radius 1 is 1.45 bits per heavy atom. The van der Waals surface area contributed by atoms with Crippen molar-refractivity contribution in [1.29, 1.82) is 0 Å². The van der Waals surface area contributed by atoms with Crippen molar-refractivity contribution in [1.82, 2.24) is 25.7 Å². The molecule has 0 spiro atoms. The number of amides is 1. The molecule has 2 rings (SSSR count). The van der Waals surface area contributed by atoms with Crippen LogP contribution >= 0.6 is 11.3 Å². The Labute approximate surface area is 121 Å². The van der Waals surface area contributed by atoms with E-state index in [1.165, 1.54) is 11.3 Å². The van der Waals surface area contributed by atoms with Crippen molar-refractivity contribution >= 4 is 22.4 Å². The standard InChI is InChI=1S/C12H18N6OS/c1-5-7-6(2)8(16-15-7)9(19)14-12(3,4)10-17-18-11(13)20-10/h5H2,1-4H3,(H2,13,18)(H,14,19)(H,15,16). The van der Waals surface area contributed by atoms with Crippen LogP contribution in [0, 0.1) is 6.92 Å². The molecule has 2 heterocycles. The highest BCUT2D eigenvalue weighted by molar-refractivity contribution is 7.15. The molecule has 1 amide bonds. The molecule has 108 valence electrons. The summed E-state index contributed by atoms with van der Waals surface area (Å²) in [4.78, 5) is 12.3. The summed E-state index contributed by atoms with van der Waals surface area (Å²) in [6.07, 6.45) is 0.808. The predicted octanol–water partition coefficient (Wildman–Crippen LogP) is 1.38. The maximum absolute atomic E-state index is 12.3. The minimum Gasteiger partial charge on any atom is -0.374 e. The zero-order valence-electron chi connectivity index (χ0n) is 11.9. The molecule has 2 aromatic heterocycles. The van der Waals surface area contributed by atoms with Crippen LogP contribution in [-0.4, -0.2) is 26.3 Å². The summed E-state index contributed by atoms with van der Waals surface area (Å²) >= 11 is 1.26. The number of hydrogen-bond donors (Lipinski definition) is 3. The fourth-order valence-electron chi connectivity index (χ4n) is 1.88. The smallest absolute Gasteiger partial charge is 0.272 e. The number of carbonyl (C=O) groups excluding carboxylic acids is 1. The molecular formula is C12H18N6OS. The molecule has 0 aromatic carbocycles. The third-order valence-electron chi connectivity index (χ3n) is 3.08. The molecule has 0 atom stereocenters. The van der Waals surface area contributed by atoms with Crippen LogP contribution in [0.1, 0.15) is 47.5 Å². The number of nitrogen functional groups attached to an aromatic ring is 1. The van der Waals surface area contributed by atoms with Gasteiger partial charge < -0.3 is 11.1 Å². The Balaban J connectivity index is 2.20. The average molecular weight is 294 g/mol. The number of aromatic amines is 1. The van der Waals surface area contributed by atoms with Gasteiger partial charge in [0.1, 0.15) is 5.01 Å². The van der Waals surface area contributed by atoms with Crippen LogP contribution in [0.3, 0.4) is 0 Å². The largest absolute Gasteiger partial charge is 0.374 e. The lowest BCUT2D eigenvalue weighted by Crippen LogP contribution is -2.41. The van der Waals surface area contributed by atoms with Crippen molar-refractivity contribution in [3.8, 4) is 0 Å². The van der Waals surface area contributed by atoms with Crippen LogP contribution in [0.25, 0.3) is 0 Å². The quantitative estimate of drug-likeness (QED) is 0.789. The molecule has 0 aliphatic rings. The second-order valence-electron chi connectivity index (χ2n) is 5.05. The fraction of sp³-hybridized carbons (Fsp3) is 0.500. The number of rotatable bonds is 4. The number of aryl methyl sites for hydroxylation is 1. The zero-order chi connectivity index (χ0) is 14.9. The number of nitrogens with one attached hydrogen (secondary N) is 2. The van der Waals surface area contributed by atoms with Gasteiger partial charge in [-0.15, -0.1) is 10.2 Å². The zero-order valence-corrected chi connectivity index (χ0v) is 12.8. The summed E-state index contributed by atoms with van der Waals surface area (Å²) in [6, 6.07) is 0. The van der Waals surface area contributed by atoms with E-state index in [4.69, 9.17) is 5.73 Å². The van der Waals surface area contributed by atoms with E-state index in [0.717, 1.165) is 17.7 Å². The predicted molar refractivity (Wildman–Crippen MR) is 77.5 cm³/mol. The van der Waals surface area contributed by atoms with Crippen LogP contribution in [0.4, 0.5) is 5.13 Å². The molecule has 0 aliphatic carbocycles. The molecule has 0 bridgehead atoms. The molecule has 7 nitrogen and oxygen atoms in total. The maximum Gasteiger partial charge on any atom is 0.272 e. The second kappa shape index (κ2) is 5.20. The van der Waals surface area contributed by atoms with E-state index < -0.39 is 5.54 Å². The number of carbonyl (C=O) groups is 1. The minimum absolute atomic E-state index is 0.239. The highest BCUT2D eigenvalue weighted by Crippen LogP contribution is 2.25. The molecule has 8 heteroatoms. The van der Waals surface area contributed by atoms with Gasteiger partial charge in [0.05, 0.1) is 5.54 Å². The molecule has 4 N–H and O–H groups in total. The van der Waals surface area contributed by atoms with Crippen molar-refractivity contribution in [3.63, 3.8) is 0 Å². The van der Waals surface area contributed by atoms with E-state index in [-0.39, 0.29) is 5.91 Å². The molecule has 0 fully saturated rings. The van der Waals surface area contributed by atoms with Gasteiger partial charge in [0.15, 0.2) is 5.69 Å². The van der Waals surface area contributed by atoms with Gasteiger partial charge in [-0.3, -0.25) is 9.89 Å². The summed E-state index contributed by atoms with van der Waals surface area (Å²) in [7, 11) is 0. The van der Waals surface area contributed by atoms with Crippen molar-refractivity contribution in [2.45, 2.75) is 39.7 Å². The van der Waals surface area contributed by atoms with Gasteiger partial charge in [-0.2, -0.15) is 5.10 Å². The molecule has 20 heavy (non-hydrogen) atoms. The van der Waals surface area contributed by atoms with Gasteiger partial charge in [-0.25, -0.2) is 0 Å². The first-order valence-corrected chi connectivity index (χ1v) is 7.12. The van der Waals surface area contributed by atoms with Gasteiger partial charge in [-0.1, -0.05) is 18.3 Å². The Bertz CT molecular complexity index is 630. The lowest BCUT2D eigenvalue weighted by molar-refractivity contribution is 0.0906. The van der Waals surface area contributed by atoms with Crippen LogP contribution in [0.2, 0.25) is 0 Å². The number of H-pyrrole nitrogens is 1. The first-order chi connectivity index (χ1) is 9.35. The van der Waals surface area contributed by atoms with Gasteiger partial charge in [0.25, 0.3) is 5.91 Å². The van der Waals surface area contributed by atoms with Crippen LogP contribution in [-0.2, 0) is 12.0 Å². The molecule has 2 aromatic rings. The van der Waals surface area contributed by atoms with Gasteiger partial charge >= 0.3 is 0 Å². The van der Waals surface area contributed by atoms with Gasteiger partial charge in [-0.05, 0) is 27.2 Å². The molecule has 0 unspecified atom stereocenters. The topological polar surface area (TPSA) is 110 Å². The summed E-state index contributed by atoms with van der Waals surface area (Å²) in [6.45, 7) is 7.60. The molecule has 0 saturated heterocycles. The Morgan fingerprint density at radius 3 is 2.65 bits per heavy atom. The van der Waals surface area contributed by atoms with E-state index in [9.17, 15) is 4.79 Å². The summed E-state index contributed by atoms with van der Waals surface area (Å²) in [5.74, 6) is -0.239. The van der Waals surface area contributed by atoms with E-state index in [1.54, 1.807) is 0 Å². The molecule has 0 aliphatic heterocycles. The van der Waals surface area contributed by atoms with Crippen molar-refractivity contribution in [2.24, 2.45) is 0 Å². The Hall–Kier alpha value is -1.96. The average Bonchev–Trinajstić information content (AvgIpc) is 2.95. The monoisotopic (exact) mass is 294 g/mol. The molecular weight excluding hydrogens is 276 g/mol.